The Morgan fingerprint density at radius 1 is 1.17 bits per heavy atom. The first-order valence-corrected chi connectivity index (χ1v) is 14.1. The number of anilines is 3. The Morgan fingerprint density at radius 3 is 2.67 bits per heavy atom. The van der Waals surface area contributed by atoms with Gasteiger partial charge in [-0.2, -0.15) is 9.97 Å². The molecule has 0 bridgehead atoms. The zero-order valence-electron chi connectivity index (χ0n) is 19.4. The Labute approximate surface area is 208 Å². The van der Waals surface area contributed by atoms with Crippen molar-refractivity contribution in [1.82, 2.24) is 19.5 Å². The maximum absolute atomic E-state index is 12.2. The molecular weight excluding hydrogens is 506 g/mol. The van der Waals surface area contributed by atoms with Crippen molar-refractivity contribution >= 4 is 44.7 Å². The van der Waals surface area contributed by atoms with Crippen LogP contribution in [-0.4, -0.2) is 42.3 Å². The third-order valence-electron chi connectivity index (χ3n) is 5.13. The van der Waals surface area contributed by atoms with Crippen molar-refractivity contribution in [1.29, 1.82) is 0 Å². The number of phenols is 1. The zero-order chi connectivity index (χ0) is 25.5. The van der Waals surface area contributed by atoms with Crippen LogP contribution in [-0.2, 0) is 26.8 Å². The summed E-state index contributed by atoms with van der Waals surface area (Å²) in [7, 11) is -5.29. The summed E-state index contributed by atoms with van der Waals surface area (Å²) < 4.78 is 34.1. The van der Waals surface area contributed by atoms with Crippen molar-refractivity contribution in [3.8, 4) is 11.5 Å². The third kappa shape index (κ3) is 6.22. The third-order valence-corrected chi connectivity index (χ3v) is 8.26. The number of aryl methyl sites for hydroxylation is 2. The molecule has 0 spiro atoms. The van der Waals surface area contributed by atoms with E-state index in [1.807, 2.05) is 17.6 Å². The number of aromatic hydroxyl groups is 1. The minimum atomic E-state index is -3.88. The Hall–Kier alpha value is -3.43. The largest absolute Gasteiger partial charge is 0.508 e. The Morgan fingerprint density at radius 2 is 1.97 bits per heavy atom. The maximum Gasteiger partial charge on any atom is 0.412 e. The van der Waals surface area contributed by atoms with Crippen LogP contribution in [0.5, 0.6) is 11.5 Å². The van der Waals surface area contributed by atoms with Gasteiger partial charge in [-0.3, -0.25) is 0 Å². The molecule has 0 aliphatic heterocycles. The van der Waals surface area contributed by atoms with E-state index in [9.17, 15) is 14.2 Å². The Balaban J connectivity index is 1.57. The zero-order valence-corrected chi connectivity index (χ0v) is 21.4. The molecule has 0 aliphatic rings. The molecular formula is C22H26N6O6P2. The highest BCUT2D eigenvalue weighted by Gasteiger charge is 2.25. The van der Waals surface area contributed by atoms with Gasteiger partial charge >= 0.3 is 7.60 Å². The van der Waals surface area contributed by atoms with Gasteiger partial charge in [0, 0.05) is 18.8 Å². The van der Waals surface area contributed by atoms with Gasteiger partial charge in [0.25, 0.3) is 0 Å². The van der Waals surface area contributed by atoms with Crippen molar-refractivity contribution in [3.05, 3.63) is 60.4 Å². The minimum absolute atomic E-state index is 0.184. The Kier molecular flexibility index (Phi) is 8.22. The summed E-state index contributed by atoms with van der Waals surface area (Å²) in [6.07, 6.45) is 2.38. The lowest BCUT2D eigenvalue weighted by atomic mass is 10.1. The second-order valence-corrected chi connectivity index (χ2v) is 11.1. The molecule has 2 heterocycles. The summed E-state index contributed by atoms with van der Waals surface area (Å²) in [6, 6.07) is 13.5. The predicted octanol–water partition coefficient (Wildman–Crippen LogP) is 4.73. The van der Waals surface area contributed by atoms with E-state index in [1.165, 1.54) is 12.1 Å². The number of nitrogens with one attached hydrogen (secondary N) is 2. The van der Waals surface area contributed by atoms with Crippen molar-refractivity contribution in [3.63, 3.8) is 0 Å². The average molecular weight is 532 g/mol. The van der Waals surface area contributed by atoms with Gasteiger partial charge in [-0.05, 0) is 55.3 Å². The standard InChI is InChI=1S/C22H26N6O6P2/c1-2-23-22-26-20(25-16-6-8-18(9-7-16)33-36(32,34-30)14-35-31)19-21(27-22)28(13-24-19)11-10-15-4-3-5-17(29)12-15/h3-9,12-13,29-30H,2,10-11,14,35H2,1H3,(H2,23,25,26,27). The molecule has 0 fully saturated rings. The van der Waals surface area contributed by atoms with Gasteiger partial charge < -0.3 is 29.4 Å². The number of phenolic OH excluding ortho intramolecular Hbond substituents is 1. The second kappa shape index (κ2) is 11.5. The summed E-state index contributed by atoms with van der Waals surface area (Å²) in [4.78, 5) is 13.7. The van der Waals surface area contributed by atoms with Crippen LogP contribution in [0.4, 0.5) is 17.5 Å². The maximum atomic E-state index is 12.2. The smallest absolute Gasteiger partial charge is 0.412 e. The molecule has 2 aromatic carbocycles. The molecule has 0 amide bonds. The van der Waals surface area contributed by atoms with E-state index in [2.05, 4.69) is 30.3 Å². The number of nitrogens with zero attached hydrogens (tertiary/aromatic N) is 4. The highest BCUT2D eigenvalue weighted by atomic mass is 31.2. The first-order chi connectivity index (χ1) is 17.4. The van der Waals surface area contributed by atoms with Crippen LogP contribution >= 0.6 is 16.1 Å². The summed E-state index contributed by atoms with van der Waals surface area (Å²) in [5.41, 5.74) is 2.86. The monoisotopic (exact) mass is 532 g/mol. The molecule has 0 saturated carbocycles. The number of imidazole rings is 1. The number of hydrogen-bond donors (Lipinski definition) is 4. The highest BCUT2D eigenvalue weighted by molar-refractivity contribution is 7.62. The second-order valence-electron chi connectivity index (χ2n) is 7.74. The summed E-state index contributed by atoms with van der Waals surface area (Å²) in [6.45, 7) is 3.18. The molecule has 4 aromatic rings. The van der Waals surface area contributed by atoms with E-state index < -0.39 is 16.1 Å². The highest BCUT2D eigenvalue weighted by Crippen LogP contribution is 2.49. The van der Waals surface area contributed by atoms with Crippen LogP contribution in [0.1, 0.15) is 12.5 Å². The minimum Gasteiger partial charge on any atom is -0.508 e. The fourth-order valence-electron chi connectivity index (χ4n) is 3.47. The van der Waals surface area contributed by atoms with Crippen molar-refractivity contribution in [2.24, 2.45) is 0 Å². The van der Waals surface area contributed by atoms with E-state index in [-0.39, 0.29) is 17.4 Å². The number of benzene rings is 2. The topological polar surface area (TPSA) is 161 Å². The molecule has 2 aromatic heterocycles. The van der Waals surface area contributed by atoms with Crippen molar-refractivity contribution < 1.29 is 28.7 Å². The molecule has 36 heavy (non-hydrogen) atoms. The molecule has 2 atom stereocenters. The van der Waals surface area contributed by atoms with Crippen LogP contribution in [0.15, 0.2) is 54.9 Å². The fourth-order valence-corrected chi connectivity index (χ4v) is 5.24. The van der Waals surface area contributed by atoms with Gasteiger partial charge in [0.05, 0.1) is 14.8 Å². The lowest BCUT2D eigenvalue weighted by Gasteiger charge is -2.14. The molecule has 4 rings (SSSR count). The van der Waals surface area contributed by atoms with Crippen molar-refractivity contribution in [2.45, 2.75) is 19.9 Å². The van der Waals surface area contributed by atoms with Gasteiger partial charge in [-0.1, -0.05) is 12.1 Å². The molecule has 0 saturated heterocycles. The van der Waals surface area contributed by atoms with E-state index in [1.54, 1.807) is 36.7 Å². The summed E-state index contributed by atoms with van der Waals surface area (Å²) in [5.74, 6) is 0.959. The molecule has 0 radical (unpaired) electrons. The van der Waals surface area contributed by atoms with E-state index >= 15 is 0 Å². The molecule has 12 nitrogen and oxygen atoms in total. The van der Waals surface area contributed by atoms with Crippen LogP contribution in [0, 0.1) is 0 Å². The van der Waals surface area contributed by atoms with Gasteiger partial charge in [-0.15, -0.1) is 4.67 Å². The lowest BCUT2D eigenvalue weighted by Crippen LogP contribution is -2.07. The lowest BCUT2D eigenvalue weighted by molar-refractivity contribution is -0.143. The molecule has 190 valence electrons. The number of rotatable bonds is 12. The van der Waals surface area contributed by atoms with E-state index in [4.69, 9.17) is 9.78 Å². The first kappa shape index (κ1) is 25.7. The van der Waals surface area contributed by atoms with Crippen LogP contribution in [0.3, 0.4) is 0 Å². The number of hydrogen-bond acceptors (Lipinski definition) is 11. The van der Waals surface area contributed by atoms with Gasteiger partial charge in [0.15, 0.2) is 17.0 Å². The van der Waals surface area contributed by atoms with Gasteiger partial charge in [0.1, 0.15) is 17.4 Å². The van der Waals surface area contributed by atoms with E-state index in [0.717, 1.165) is 5.56 Å². The van der Waals surface area contributed by atoms with E-state index in [0.29, 0.717) is 48.1 Å². The number of aromatic nitrogens is 4. The SMILES string of the molecule is CCNc1nc(Nc2ccc(OP(=O)(C[PH2]=O)OO)cc2)c2ncn(CCc3cccc(O)c3)c2n1. The normalized spacial score (nSPS) is 13.2. The fraction of sp³-hybridized carbons (Fsp3) is 0.227. The van der Waals surface area contributed by atoms with Crippen LogP contribution < -0.4 is 15.2 Å². The number of fused-ring (bicyclic) bond motifs is 1. The van der Waals surface area contributed by atoms with Crippen molar-refractivity contribution in [2.75, 3.05) is 23.1 Å². The summed E-state index contributed by atoms with van der Waals surface area (Å²) >= 11 is 0. The molecule has 14 heteroatoms. The predicted molar refractivity (Wildman–Crippen MR) is 138 cm³/mol. The average Bonchev–Trinajstić information content (AvgIpc) is 3.27. The quantitative estimate of drug-likeness (QED) is 0.113. The van der Waals surface area contributed by atoms with Crippen LogP contribution in [0.2, 0.25) is 0 Å². The van der Waals surface area contributed by atoms with Crippen LogP contribution in [0.25, 0.3) is 11.2 Å². The molecule has 0 aliphatic carbocycles. The Bertz CT molecular complexity index is 1400. The van der Waals surface area contributed by atoms with Gasteiger partial charge in [0.2, 0.25) is 5.95 Å². The first-order valence-electron chi connectivity index (χ1n) is 11.1. The van der Waals surface area contributed by atoms with Gasteiger partial charge in [-0.25, -0.2) is 14.8 Å². The molecule has 4 N–H and O–H groups in total. The molecule has 2 unspecified atom stereocenters. The summed E-state index contributed by atoms with van der Waals surface area (Å²) in [5, 5.41) is 24.9.